The van der Waals surface area contributed by atoms with Gasteiger partial charge < -0.3 is 14.4 Å². The highest BCUT2D eigenvalue weighted by molar-refractivity contribution is 5.91. The van der Waals surface area contributed by atoms with Gasteiger partial charge in [-0.3, -0.25) is 9.59 Å². The zero-order valence-corrected chi connectivity index (χ0v) is 16.2. The summed E-state index contributed by atoms with van der Waals surface area (Å²) in [4.78, 5) is 28.2. The Hall–Kier alpha value is -2.92. The van der Waals surface area contributed by atoms with E-state index in [2.05, 4.69) is 0 Å². The van der Waals surface area contributed by atoms with Crippen molar-refractivity contribution >= 4 is 11.9 Å². The van der Waals surface area contributed by atoms with Gasteiger partial charge in [-0.05, 0) is 18.1 Å². The van der Waals surface area contributed by atoms with Crippen LogP contribution in [0.1, 0.15) is 24.1 Å². The quantitative estimate of drug-likeness (QED) is 0.582. The lowest BCUT2D eigenvalue weighted by atomic mass is 9.77. The van der Waals surface area contributed by atoms with Gasteiger partial charge in [0.15, 0.2) is 0 Å². The van der Waals surface area contributed by atoms with Crippen LogP contribution in [0.3, 0.4) is 0 Å². The maximum absolute atomic E-state index is 13.7. The molecule has 2 unspecified atom stereocenters. The number of amides is 1. The number of esters is 1. The third-order valence-electron chi connectivity index (χ3n) is 6.23. The number of hydrogen-bond acceptors (Lipinski definition) is 4. The number of fused-ring (bicyclic) bond motifs is 1. The lowest BCUT2D eigenvalue weighted by Gasteiger charge is -2.31. The predicted molar refractivity (Wildman–Crippen MR) is 107 cm³/mol. The van der Waals surface area contributed by atoms with Gasteiger partial charge in [0.1, 0.15) is 11.5 Å². The topological polar surface area (TPSA) is 55.8 Å². The summed E-state index contributed by atoms with van der Waals surface area (Å²) < 4.78 is 11.5. The second-order valence-electron chi connectivity index (χ2n) is 7.84. The highest BCUT2D eigenvalue weighted by Crippen LogP contribution is 2.54. The van der Waals surface area contributed by atoms with Crippen LogP contribution in [0.2, 0.25) is 0 Å². The standard InChI is InChI=1S/C24H23NO4/c1-2-28-23(27)19-18-13-14-24(29-18)15-25(22(26)20(19)24)21(16-9-5-3-6-10-16)17-11-7-4-8-12-17/h3-14,18-21H,2,15H2,1H3/t18-,19?,20-,24?/m1/s1. The van der Waals surface area contributed by atoms with Crippen LogP contribution in [0, 0.1) is 11.8 Å². The first-order valence-corrected chi connectivity index (χ1v) is 10.1. The van der Waals surface area contributed by atoms with E-state index in [0.717, 1.165) is 11.1 Å². The first-order valence-electron chi connectivity index (χ1n) is 10.1. The minimum absolute atomic E-state index is 0.0485. The van der Waals surface area contributed by atoms with E-state index in [9.17, 15) is 9.59 Å². The molecule has 0 radical (unpaired) electrons. The van der Waals surface area contributed by atoms with Crippen molar-refractivity contribution in [3.8, 4) is 0 Å². The molecule has 0 aromatic heterocycles. The molecule has 0 aliphatic carbocycles. The molecule has 0 saturated carbocycles. The van der Waals surface area contributed by atoms with Crippen LogP contribution >= 0.6 is 0 Å². The average Bonchev–Trinajstić information content (AvgIpc) is 3.39. The monoisotopic (exact) mass is 389 g/mol. The molecular formula is C24H23NO4. The van der Waals surface area contributed by atoms with Crippen molar-refractivity contribution in [2.75, 3.05) is 13.2 Å². The van der Waals surface area contributed by atoms with Crippen molar-refractivity contribution in [3.05, 3.63) is 83.9 Å². The van der Waals surface area contributed by atoms with Crippen molar-refractivity contribution in [2.45, 2.75) is 24.7 Å². The Kier molecular flexibility index (Phi) is 4.28. The molecule has 3 heterocycles. The van der Waals surface area contributed by atoms with Crippen molar-refractivity contribution < 1.29 is 19.1 Å². The highest BCUT2D eigenvalue weighted by atomic mass is 16.6. The van der Waals surface area contributed by atoms with Crippen LogP contribution in [0.4, 0.5) is 0 Å². The third kappa shape index (κ3) is 2.72. The second kappa shape index (κ2) is 6.85. The molecule has 4 atom stereocenters. The Labute approximate surface area is 169 Å². The summed E-state index contributed by atoms with van der Waals surface area (Å²) in [6.45, 7) is 2.50. The van der Waals surface area contributed by atoms with Crippen LogP contribution in [-0.2, 0) is 19.1 Å². The number of rotatable bonds is 5. The zero-order chi connectivity index (χ0) is 20.0. The highest BCUT2D eigenvalue weighted by Gasteiger charge is 2.68. The SMILES string of the molecule is CCOC(=O)C1[C@H]2C=CC3(CN(C(c4ccccc4)c4ccccc4)C(=O)[C@@H]13)O2. The maximum atomic E-state index is 13.7. The van der Waals surface area contributed by atoms with E-state index in [1.165, 1.54) is 0 Å². The molecule has 3 aliphatic heterocycles. The Balaban J connectivity index is 1.55. The third-order valence-corrected chi connectivity index (χ3v) is 6.23. The summed E-state index contributed by atoms with van der Waals surface area (Å²) in [7, 11) is 0. The van der Waals surface area contributed by atoms with E-state index >= 15 is 0 Å². The van der Waals surface area contributed by atoms with Crippen LogP contribution < -0.4 is 0 Å². The molecule has 1 spiro atoms. The van der Waals surface area contributed by atoms with E-state index in [-0.39, 0.29) is 24.0 Å². The van der Waals surface area contributed by atoms with E-state index < -0.39 is 17.4 Å². The summed E-state index contributed by atoms with van der Waals surface area (Å²) >= 11 is 0. The molecule has 148 valence electrons. The normalized spacial score (nSPS) is 29.5. The number of nitrogens with zero attached hydrogens (tertiary/aromatic N) is 1. The summed E-state index contributed by atoms with van der Waals surface area (Å²) in [5.74, 6) is -1.51. The fourth-order valence-corrected chi connectivity index (χ4v) is 5.08. The van der Waals surface area contributed by atoms with Gasteiger partial charge in [0.25, 0.3) is 0 Å². The van der Waals surface area contributed by atoms with E-state index in [4.69, 9.17) is 9.47 Å². The molecule has 5 nitrogen and oxygen atoms in total. The molecule has 2 aromatic rings. The van der Waals surface area contributed by atoms with Gasteiger partial charge in [-0.1, -0.05) is 72.8 Å². The number of carbonyl (C=O) groups is 2. The van der Waals surface area contributed by atoms with Crippen molar-refractivity contribution in [3.63, 3.8) is 0 Å². The molecule has 2 bridgehead atoms. The van der Waals surface area contributed by atoms with Gasteiger partial charge in [-0.25, -0.2) is 0 Å². The maximum Gasteiger partial charge on any atom is 0.312 e. The Morgan fingerprint density at radius 2 is 1.76 bits per heavy atom. The van der Waals surface area contributed by atoms with Crippen molar-refractivity contribution in [1.82, 2.24) is 4.90 Å². The minimum atomic E-state index is -0.749. The second-order valence-corrected chi connectivity index (χ2v) is 7.84. The van der Waals surface area contributed by atoms with Gasteiger partial charge in [-0.15, -0.1) is 0 Å². The Morgan fingerprint density at radius 3 is 2.34 bits per heavy atom. The van der Waals surface area contributed by atoms with Gasteiger partial charge >= 0.3 is 5.97 Å². The molecule has 2 saturated heterocycles. The van der Waals surface area contributed by atoms with Crippen molar-refractivity contribution in [1.29, 1.82) is 0 Å². The lowest BCUT2D eigenvalue weighted by molar-refractivity contribution is -0.153. The predicted octanol–water partition coefficient (Wildman–Crippen LogP) is 3.12. The average molecular weight is 389 g/mol. The number of ether oxygens (including phenoxy) is 2. The zero-order valence-electron chi connectivity index (χ0n) is 16.2. The number of benzene rings is 2. The van der Waals surface area contributed by atoms with Crippen LogP contribution in [0.25, 0.3) is 0 Å². The molecule has 5 rings (SSSR count). The van der Waals surface area contributed by atoms with Gasteiger partial charge in [-0.2, -0.15) is 0 Å². The van der Waals surface area contributed by atoms with E-state index in [1.54, 1.807) is 6.92 Å². The lowest BCUT2D eigenvalue weighted by Crippen LogP contribution is -2.40. The molecule has 29 heavy (non-hydrogen) atoms. The molecule has 5 heteroatoms. The van der Waals surface area contributed by atoms with Crippen LogP contribution in [0.15, 0.2) is 72.8 Å². The van der Waals surface area contributed by atoms with Gasteiger partial charge in [0.2, 0.25) is 5.91 Å². The Bertz CT molecular complexity index is 918. The van der Waals surface area contributed by atoms with Crippen molar-refractivity contribution in [2.24, 2.45) is 11.8 Å². The molecular weight excluding hydrogens is 366 g/mol. The minimum Gasteiger partial charge on any atom is -0.466 e. The number of hydrogen-bond donors (Lipinski definition) is 0. The first kappa shape index (κ1) is 18.1. The van der Waals surface area contributed by atoms with E-state index in [1.807, 2.05) is 77.7 Å². The molecule has 1 amide bonds. The largest absolute Gasteiger partial charge is 0.466 e. The van der Waals surface area contributed by atoms with Crippen LogP contribution in [-0.4, -0.2) is 41.6 Å². The summed E-state index contributed by atoms with van der Waals surface area (Å²) in [6, 6.07) is 19.8. The fourth-order valence-electron chi connectivity index (χ4n) is 5.08. The van der Waals surface area contributed by atoms with Gasteiger partial charge in [0, 0.05) is 0 Å². The fraction of sp³-hybridized carbons (Fsp3) is 0.333. The molecule has 2 fully saturated rings. The molecule has 3 aliphatic rings. The Morgan fingerprint density at radius 1 is 1.14 bits per heavy atom. The van der Waals surface area contributed by atoms with Crippen LogP contribution in [0.5, 0.6) is 0 Å². The van der Waals surface area contributed by atoms with E-state index in [0.29, 0.717) is 13.2 Å². The molecule has 0 N–H and O–H groups in total. The van der Waals surface area contributed by atoms with Gasteiger partial charge in [0.05, 0.1) is 31.2 Å². The molecule has 2 aromatic carbocycles. The summed E-state index contributed by atoms with van der Waals surface area (Å²) in [5, 5.41) is 0. The summed E-state index contributed by atoms with van der Waals surface area (Å²) in [5.41, 5.74) is 1.32. The number of likely N-dealkylation sites (tertiary alicyclic amines) is 1. The smallest absolute Gasteiger partial charge is 0.312 e. The number of carbonyl (C=O) groups excluding carboxylic acids is 2. The summed E-state index contributed by atoms with van der Waals surface area (Å²) in [6.07, 6.45) is 3.51. The first-order chi connectivity index (χ1) is 14.1.